The molecule has 4 aromatic rings. The first-order valence-electron chi connectivity index (χ1n) is 13.1. The lowest BCUT2D eigenvalue weighted by Gasteiger charge is -2.26. The fourth-order valence-corrected chi connectivity index (χ4v) is 6.41. The smallest absolute Gasteiger partial charge is 0.256 e. The molecule has 4 heterocycles. The maximum Gasteiger partial charge on any atom is 0.256 e. The SMILES string of the molecule is Cn1cc(C#Cc2cnc(Nc3ccnc(-c4cnn(S(=O)(=O)C5CC5)c4)n3)c(C3CCCCC3)c2N)cn1. The van der Waals surface area contributed by atoms with Crippen LogP contribution in [0.4, 0.5) is 17.3 Å². The summed E-state index contributed by atoms with van der Waals surface area (Å²) < 4.78 is 27.8. The molecule has 2 aliphatic rings. The molecule has 6 rings (SSSR count). The normalized spacial score (nSPS) is 16.0. The van der Waals surface area contributed by atoms with Gasteiger partial charge in [-0.1, -0.05) is 31.1 Å². The monoisotopic (exact) mass is 543 g/mol. The maximum atomic E-state index is 12.5. The first kappa shape index (κ1) is 25.1. The van der Waals surface area contributed by atoms with E-state index in [-0.39, 0.29) is 11.2 Å². The number of pyridine rings is 1. The zero-order chi connectivity index (χ0) is 27.0. The number of rotatable bonds is 6. The molecule has 0 aliphatic heterocycles. The van der Waals surface area contributed by atoms with Gasteiger partial charge < -0.3 is 11.1 Å². The van der Waals surface area contributed by atoms with E-state index >= 15 is 0 Å². The summed E-state index contributed by atoms with van der Waals surface area (Å²) in [4.78, 5) is 13.7. The van der Waals surface area contributed by atoms with E-state index in [1.165, 1.54) is 18.8 Å². The number of nitrogens with one attached hydrogen (secondary N) is 1. The first-order valence-corrected chi connectivity index (χ1v) is 14.6. The Hall–Kier alpha value is -4.24. The van der Waals surface area contributed by atoms with Gasteiger partial charge in [-0.2, -0.15) is 14.3 Å². The molecule has 11 nitrogen and oxygen atoms in total. The fourth-order valence-electron chi connectivity index (χ4n) is 4.94. The lowest BCUT2D eigenvalue weighted by molar-refractivity contribution is 0.444. The fraction of sp³-hybridized carbons (Fsp3) is 0.370. The minimum absolute atomic E-state index is 0.265. The number of nitrogens with zero attached hydrogens (tertiary/aromatic N) is 7. The number of nitrogen functional groups attached to an aromatic ring is 1. The molecule has 0 radical (unpaired) electrons. The molecule has 0 amide bonds. The van der Waals surface area contributed by atoms with Crippen molar-refractivity contribution >= 4 is 27.3 Å². The molecular formula is C27H29N9O2S. The Kier molecular flexibility index (Phi) is 6.52. The van der Waals surface area contributed by atoms with Crippen LogP contribution in [0.15, 0.2) is 43.2 Å². The van der Waals surface area contributed by atoms with Crippen molar-refractivity contribution in [2.75, 3.05) is 11.1 Å². The lowest BCUT2D eigenvalue weighted by atomic mass is 9.83. The highest BCUT2D eigenvalue weighted by molar-refractivity contribution is 7.90. The molecule has 2 saturated carbocycles. The average molecular weight is 544 g/mol. The van der Waals surface area contributed by atoms with Crippen LogP contribution < -0.4 is 11.1 Å². The van der Waals surface area contributed by atoms with Gasteiger partial charge in [0, 0.05) is 31.2 Å². The molecule has 0 atom stereocenters. The predicted molar refractivity (Wildman–Crippen MR) is 148 cm³/mol. The van der Waals surface area contributed by atoms with Crippen molar-refractivity contribution in [3.8, 4) is 23.2 Å². The molecule has 3 N–H and O–H groups in total. The third kappa shape index (κ3) is 5.22. The molecule has 0 unspecified atom stereocenters. The van der Waals surface area contributed by atoms with Crippen LogP contribution in [0.2, 0.25) is 0 Å². The summed E-state index contributed by atoms with van der Waals surface area (Å²) in [6.45, 7) is 0. The Bertz CT molecular complexity index is 1690. The van der Waals surface area contributed by atoms with Gasteiger partial charge in [0.2, 0.25) is 0 Å². The molecule has 200 valence electrons. The molecule has 2 aliphatic carbocycles. The molecule has 12 heteroatoms. The summed E-state index contributed by atoms with van der Waals surface area (Å²) in [6.07, 6.45) is 16.7. The van der Waals surface area contributed by atoms with Gasteiger partial charge in [0.05, 0.1) is 46.2 Å². The number of hydrogen-bond donors (Lipinski definition) is 2. The summed E-state index contributed by atoms with van der Waals surface area (Å²) in [5.74, 6) is 8.09. The van der Waals surface area contributed by atoms with Crippen molar-refractivity contribution in [1.29, 1.82) is 0 Å². The number of anilines is 3. The Morgan fingerprint density at radius 1 is 1.00 bits per heavy atom. The molecule has 0 spiro atoms. The van der Waals surface area contributed by atoms with Gasteiger partial charge in [0.15, 0.2) is 5.82 Å². The van der Waals surface area contributed by atoms with Crippen molar-refractivity contribution in [1.82, 2.24) is 33.9 Å². The highest BCUT2D eigenvalue weighted by atomic mass is 32.2. The van der Waals surface area contributed by atoms with Crippen LogP contribution in [-0.2, 0) is 17.1 Å². The van der Waals surface area contributed by atoms with E-state index in [9.17, 15) is 8.42 Å². The highest BCUT2D eigenvalue weighted by Crippen LogP contribution is 2.40. The van der Waals surface area contributed by atoms with Crippen molar-refractivity contribution in [3.63, 3.8) is 0 Å². The Labute approximate surface area is 226 Å². The molecule has 0 bridgehead atoms. The van der Waals surface area contributed by atoms with Crippen molar-refractivity contribution in [3.05, 3.63) is 59.9 Å². The van der Waals surface area contributed by atoms with E-state index in [0.717, 1.165) is 40.9 Å². The first-order chi connectivity index (χ1) is 18.9. The van der Waals surface area contributed by atoms with Gasteiger partial charge in [-0.05, 0) is 37.7 Å². The molecule has 4 aromatic heterocycles. The van der Waals surface area contributed by atoms with E-state index in [1.54, 1.807) is 29.3 Å². The maximum absolute atomic E-state index is 12.5. The number of nitrogens with two attached hydrogens (primary N) is 1. The van der Waals surface area contributed by atoms with E-state index in [4.69, 9.17) is 10.7 Å². The number of aryl methyl sites for hydroxylation is 1. The van der Waals surface area contributed by atoms with Crippen molar-refractivity contribution in [2.45, 2.75) is 56.1 Å². The van der Waals surface area contributed by atoms with Gasteiger partial charge in [0.1, 0.15) is 11.6 Å². The zero-order valence-corrected chi connectivity index (χ0v) is 22.4. The third-order valence-electron chi connectivity index (χ3n) is 7.14. The van der Waals surface area contributed by atoms with E-state index < -0.39 is 10.0 Å². The predicted octanol–water partition coefficient (Wildman–Crippen LogP) is 3.58. The van der Waals surface area contributed by atoms with Crippen LogP contribution in [0.3, 0.4) is 0 Å². The summed E-state index contributed by atoms with van der Waals surface area (Å²) in [7, 11) is -1.61. The van der Waals surface area contributed by atoms with E-state index in [1.807, 2.05) is 13.2 Å². The van der Waals surface area contributed by atoms with Gasteiger partial charge in [-0.3, -0.25) is 4.68 Å². The van der Waals surface area contributed by atoms with E-state index in [0.29, 0.717) is 47.1 Å². The van der Waals surface area contributed by atoms with Crippen LogP contribution in [0.25, 0.3) is 11.4 Å². The van der Waals surface area contributed by atoms with Crippen molar-refractivity contribution < 1.29 is 8.42 Å². The van der Waals surface area contributed by atoms with Gasteiger partial charge in [-0.25, -0.2) is 23.4 Å². The van der Waals surface area contributed by atoms with Gasteiger partial charge in [-0.15, -0.1) is 0 Å². The largest absolute Gasteiger partial charge is 0.397 e. The zero-order valence-electron chi connectivity index (χ0n) is 21.6. The Balaban J connectivity index is 1.31. The Morgan fingerprint density at radius 2 is 1.82 bits per heavy atom. The summed E-state index contributed by atoms with van der Waals surface area (Å²) in [5.41, 5.74) is 10.3. The minimum atomic E-state index is -3.47. The second-order valence-electron chi connectivity index (χ2n) is 10.1. The quantitative estimate of drug-likeness (QED) is 0.348. The summed E-state index contributed by atoms with van der Waals surface area (Å²) >= 11 is 0. The van der Waals surface area contributed by atoms with E-state index in [2.05, 4.69) is 37.3 Å². The van der Waals surface area contributed by atoms with Gasteiger partial charge >= 0.3 is 0 Å². The molecule has 0 saturated heterocycles. The molecule has 39 heavy (non-hydrogen) atoms. The number of aromatic nitrogens is 7. The standard InChI is InChI=1S/C27H29N9O2S/c1-35-16-18(13-31-35)7-8-20-14-30-27(24(25(20)28)19-5-3-2-4-6-19)34-23-11-12-29-26(33-23)21-15-32-36(17-21)39(37,38)22-9-10-22/h11-17,19,22H,2-6,9-10H2,1H3,(H3,28,29,30,33,34). The molecule has 0 aromatic carbocycles. The van der Waals surface area contributed by atoms with Crippen molar-refractivity contribution in [2.24, 2.45) is 7.05 Å². The average Bonchev–Trinajstić information content (AvgIpc) is 3.54. The lowest BCUT2D eigenvalue weighted by Crippen LogP contribution is -2.17. The molecule has 2 fully saturated rings. The van der Waals surface area contributed by atoms with Crippen LogP contribution >= 0.6 is 0 Å². The van der Waals surface area contributed by atoms with Crippen LogP contribution in [0, 0.1) is 11.8 Å². The topological polar surface area (TPSA) is 146 Å². The highest BCUT2D eigenvalue weighted by Gasteiger charge is 2.37. The molecular weight excluding hydrogens is 514 g/mol. The summed E-state index contributed by atoms with van der Waals surface area (Å²) in [6, 6.07) is 1.74. The minimum Gasteiger partial charge on any atom is -0.397 e. The van der Waals surface area contributed by atoms with Gasteiger partial charge in [0.25, 0.3) is 10.0 Å². The summed E-state index contributed by atoms with van der Waals surface area (Å²) in [5, 5.41) is 11.2. The van der Waals surface area contributed by atoms with Crippen LogP contribution in [-0.4, -0.2) is 47.6 Å². The Morgan fingerprint density at radius 3 is 2.56 bits per heavy atom. The second kappa shape index (κ2) is 10.1. The van der Waals surface area contributed by atoms with Crippen LogP contribution in [0.1, 0.15) is 67.6 Å². The third-order valence-corrected chi connectivity index (χ3v) is 9.18. The number of hydrogen-bond acceptors (Lipinski definition) is 9. The van der Waals surface area contributed by atoms with Crippen LogP contribution in [0.5, 0.6) is 0 Å². The second-order valence-corrected chi connectivity index (χ2v) is 12.1.